The summed E-state index contributed by atoms with van der Waals surface area (Å²) in [4.78, 5) is 11.9. The number of nitrogens with one attached hydrogen (secondary N) is 2. The summed E-state index contributed by atoms with van der Waals surface area (Å²) in [7, 11) is 0. The molecule has 0 aliphatic carbocycles. The molecule has 0 radical (unpaired) electrons. The molecule has 0 atom stereocenters. The Labute approximate surface area is 114 Å². The number of halogens is 1. The Morgan fingerprint density at radius 2 is 2.32 bits per heavy atom. The van der Waals surface area contributed by atoms with Crippen LogP contribution in [0.25, 0.3) is 0 Å². The molecule has 2 rings (SSSR count). The third kappa shape index (κ3) is 2.51. The molecule has 1 amide bonds. The van der Waals surface area contributed by atoms with Crippen LogP contribution in [0.1, 0.15) is 21.7 Å². The molecule has 19 heavy (non-hydrogen) atoms. The topological polar surface area (TPSA) is 108 Å². The summed E-state index contributed by atoms with van der Waals surface area (Å²) in [6.45, 7) is 1.72. The molecule has 4 N–H and O–H groups in total. The summed E-state index contributed by atoms with van der Waals surface area (Å²) >= 11 is 5.87. The maximum atomic E-state index is 11.9. The lowest BCUT2D eigenvalue weighted by atomic mass is 10.2. The molecule has 1 aromatic heterocycles. The van der Waals surface area contributed by atoms with Gasteiger partial charge < -0.3 is 11.1 Å². The van der Waals surface area contributed by atoms with Crippen molar-refractivity contribution in [3.05, 3.63) is 40.2 Å². The van der Waals surface area contributed by atoms with Crippen molar-refractivity contribution in [2.75, 3.05) is 11.1 Å². The number of aryl methyl sites for hydroxylation is 1. The van der Waals surface area contributed by atoms with Crippen LogP contribution in [-0.4, -0.2) is 16.1 Å². The Bertz CT molecular complexity index is 686. The smallest absolute Gasteiger partial charge is 0.278 e. The highest BCUT2D eigenvalue weighted by molar-refractivity contribution is 6.32. The maximum absolute atomic E-state index is 11.9. The standard InChI is InChI=1S/C12H10ClN5O/c1-6-10(15)11(18-17-6)12(19)16-8-3-2-7(5-14)9(13)4-8/h2-4H,15H2,1H3,(H,16,19)(H,17,18). The number of nitrogens with zero attached hydrogens (tertiary/aromatic N) is 2. The number of nitrogens with two attached hydrogens (primary N) is 1. The molecule has 0 bridgehead atoms. The number of hydrogen-bond donors (Lipinski definition) is 3. The largest absolute Gasteiger partial charge is 0.395 e. The lowest BCUT2D eigenvalue weighted by molar-refractivity contribution is 0.102. The van der Waals surface area contributed by atoms with Gasteiger partial charge in [-0.1, -0.05) is 11.6 Å². The van der Waals surface area contributed by atoms with Crippen LogP contribution in [0.5, 0.6) is 0 Å². The molecule has 6 nitrogen and oxygen atoms in total. The van der Waals surface area contributed by atoms with E-state index >= 15 is 0 Å². The van der Waals surface area contributed by atoms with Crippen molar-refractivity contribution in [2.24, 2.45) is 0 Å². The first kappa shape index (κ1) is 12.9. The summed E-state index contributed by atoms with van der Waals surface area (Å²) in [5, 5.41) is 18.1. The first-order valence-corrected chi connectivity index (χ1v) is 5.72. The number of rotatable bonds is 2. The number of aromatic amines is 1. The number of nitriles is 1. The summed E-state index contributed by atoms with van der Waals surface area (Å²) in [5.41, 5.74) is 7.57. The van der Waals surface area contributed by atoms with Crippen LogP contribution in [0.15, 0.2) is 18.2 Å². The van der Waals surface area contributed by atoms with Gasteiger partial charge in [0, 0.05) is 5.69 Å². The molecule has 0 aliphatic rings. The Morgan fingerprint density at radius 3 is 2.84 bits per heavy atom. The van der Waals surface area contributed by atoms with Gasteiger partial charge >= 0.3 is 0 Å². The highest BCUT2D eigenvalue weighted by atomic mass is 35.5. The molecule has 0 spiro atoms. The molecular formula is C12H10ClN5O. The predicted octanol–water partition coefficient (Wildman–Crippen LogP) is 2.08. The first-order chi connectivity index (χ1) is 9.02. The molecule has 1 aromatic carbocycles. The highest BCUT2D eigenvalue weighted by Gasteiger charge is 2.15. The van der Waals surface area contributed by atoms with Crippen LogP contribution >= 0.6 is 11.6 Å². The number of amides is 1. The van der Waals surface area contributed by atoms with E-state index in [0.29, 0.717) is 22.6 Å². The zero-order chi connectivity index (χ0) is 14.0. The molecule has 0 aliphatic heterocycles. The van der Waals surface area contributed by atoms with E-state index < -0.39 is 5.91 Å². The fourth-order valence-corrected chi connectivity index (χ4v) is 1.71. The van der Waals surface area contributed by atoms with Gasteiger partial charge in [-0.3, -0.25) is 9.89 Å². The molecular weight excluding hydrogens is 266 g/mol. The van der Waals surface area contributed by atoms with Gasteiger partial charge in [-0.25, -0.2) is 0 Å². The minimum Gasteiger partial charge on any atom is -0.395 e. The lowest BCUT2D eigenvalue weighted by Crippen LogP contribution is -2.14. The zero-order valence-electron chi connectivity index (χ0n) is 9.99. The normalized spacial score (nSPS) is 9.95. The van der Waals surface area contributed by atoms with Crippen LogP contribution in [0.2, 0.25) is 5.02 Å². The monoisotopic (exact) mass is 275 g/mol. The average Bonchev–Trinajstić information content (AvgIpc) is 2.70. The number of nitrogen functional groups attached to an aromatic ring is 1. The Morgan fingerprint density at radius 1 is 1.58 bits per heavy atom. The van der Waals surface area contributed by atoms with Gasteiger partial charge in [-0.05, 0) is 25.1 Å². The maximum Gasteiger partial charge on any atom is 0.278 e. The fourth-order valence-electron chi connectivity index (χ4n) is 1.48. The van der Waals surface area contributed by atoms with E-state index in [1.54, 1.807) is 13.0 Å². The highest BCUT2D eigenvalue weighted by Crippen LogP contribution is 2.21. The van der Waals surface area contributed by atoms with E-state index in [1.165, 1.54) is 12.1 Å². The summed E-state index contributed by atoms with van der Waals surface area (Å²) in [5.74, 6) is -0.442. The second kappa shape index (κ2) is 5.00. The number of carbonyl (C=O) groups excluding carboxylic acids is 1. The fraction of sp³-hybridized carbons (Fsp3) is 0.0833. The van der Waals surface area contributed by atoms with Crippen molar-refractivity contribution < 1.29 is 4.79 Å². The third-order valence-electron chi connectivity index (χ3n) is 2.56. The van der Waals surface area contributed by atoms with E-state index in [0.717, 1.165) is 0 Å². The number of H-pyrrole nitrogens is 1. The Kier molecular flexibility index (Phi) is 3.40. The molecule has 2 aromatic rings. The first-order valence-electron chi connectivity index (χ1n) is 5.34. The van der Waals surface area contributed by atoms with Crippen molar-refractivity contribution in [1.82, 2.24) is 10.2 Å². The third-order valence-corrected chi connectivity index (χ3v) is 2.87. The van der Waals surface area contributed by atoms with Gasteiger partial charge in [0.25, 0.3) is 5.91 Å². The molecule has 0 saturated heterocycles. The van der Waals surface area contributed by atoms with Gasteiger partial charge in [0.15, 0.2) is 5.69 Å². The second-order valence-corrected chi connectivity index (χ2v) is 4.28. The van der Waals surface area contributed by atoms with Gasteiger partial charge in [-0.15, -0.1) is 0 Å². The van der Waals surface area contributed by atoms with Gasteiger partial charge in [0.2, 0.25) is 0 Å². The SMILES string of the molecule is Cc1[nH]nc(C(=O)Nc2ccc(C#N)c(Cl)c2)c1N. The van der Waals surface area contributed by atoms with E-state index in [9.17, 15) is 4.79 Å². The van der Waals surface area contributed by atoms with Gasteiger partial charge in [-0.2, -0.15) is 10.4 Å². The lowest BCUT2D eigenvalue weighted by Gasteiger charge is -2.05. The number of benzene rings is 1. The molecule has 0 unspecified atom stereocenters. The van der Waals surface area contributed by atoms with Crippen molar-refractivity contribution in [2.45, 2.75) is 6.92 Å². The Hall–Kier alpha value is -2.52. The minimum atomic E-state index is -0.442. The zero-order valence-corrected chi connectivity index (χ0v) is 10.7. The van der Waals surface area contributed by atoms with Crippen molar-refractivity contribution in [3.8, 4) is 6.07 Å². The molecule has 7 heteroatoms. The Balaban J connectivity index is 2.22. The second-order valence-electron chi connectivity index (χ2n) is 3.87. The van der Waals surface area contributed by atoms with Crippen molar-refractivity contribution in [1.29, 1.82) is 5.26 Å². The predicted molar refractivity (Wildman–Crippen MR) is 71.9 cm³/mol. The number of hydrogen-bond acceptors (Lipinski definition) is 4. The van der Waals surface area contributed by atoms with Crippen LogP contribution in [-0.2, 0) is 0 Å². The van der Waals surface area contributed by atoms with Crippen LogP contribution in [0.4, 0.5) is 11.4 Å². The molecule has 96 valence electrons. The van der Waals surface area contributed by atoms with E-state index in [1.807, 2.05) is 6.07 Å². The van der Waals surface area contributed by atoms with Crippen LogP contribution in [0.3, 0.4) is 0 Å². The van der Waals surface area contributed by atoms with E-state index in [4.69, 9.17) is 22.6 Å². The minimum absolute atomic E-state index is 0.123. The number of aromatic nitrogens is 2. The molecule has 0 fully saturated rings. The quantitative estimate of drug-likeness (QED) is 0.780. The summed E-state index contributed by atoms with van der Waals surface area (Å²) in [6, 6.07) is 6.54. The van der Waals surface area contributed by atoms with E-state index in [2.05, 4.69) is 15.5 Å². The average molecular weight is 276 g/mol. The van der Waals surface area contributed by atoms with Crippen LogP contribution < -0.4 is 11.1 Å². The number of carbonyl (C=O) groups is 1. The summed E-state index contributed by atoms with van der Waals surface area (Å²) < 4.78 is 0. The van der Waals surface area contributed by atoms with Crippen LogP contribution in [0, 0.1) is 18.3 Å². The van der Waals surface area contributed by atoms with Gasteiger partial charge in [0.05, 0.1) is 22.0 Å². The molecule has 1 heterocycles. The number of anilines is 2. The van der Waals surface area contributed by atoms with E-state index in [-0.39, 0.29) is 10.7 Å². The van der Waals surface area contributed by atoms with Gasteiger partial charge in [0.1, 0.15) is 6.07 Å². The molecule has 0 saturated carbocycles. The summed E-state index contributed by atoms with van der Waals surface area (Å²) in [6.07, 6.45) is 0. The van der Waals surface area contributed by atoms with Crippen molar-refractivity contribution >= 4 is 28.9 Å². The van der Waals surface area contributed by atoms with Crippen molar-refractivity contribution in [3.63, 3.8) is 0 Å².